The lowest BCUT2D eigenvalue weighted by Crippen LogP contribution is -2.61. The standard InChI is InChI=1S/C20H34N4O4S/c1-20(2)18(25)21-9-10-23(20)14-17-13-22-19(24(17)11-12-28-3)29(26,27)15-16-7-5-4-6-8-16/h13,16H,4-12,14-15H2,1-3H3,(H,21,25). The molecule has 0 spiro atoms. The molecule has 9 heteroatoms. The van der Waals surface area contributed by atoms with Crippen LogP contribution in [0, 0.1) is 5.92 Å². The maximum atomic E-state index is 13.2. The Hall–Kier alpha value is -1.45. The zero-order chi connectivity index (χ0) is 21.1. The summed E-state index contributed by atoms with van der Waals surface area (Å²) >= 11 is 0. The molecule has 1 N–H and O–H groups in total. The number of methoxy groups -OCH3 is 1. The summed E-state index contributed by atoms with van der Waals surface area (Å²) in [5.74, 6) is 0.361. The molecule has 2 aliphatic rings. The van der Waals surface area contributed by atoms with Gasteiger partial charge in [-0.05, 0) is 32.6 Å². The van der Waals surface area contributed by atoms with Gasteiger partial charge in [-0.25, -0.2) is 13.4 Å². The van der Waals surface area contributed by atoms with E-state index in [9.17, 15) is 13.2 Å². The molecule has 1 saturated carbocycles. The molecule has 1 saturated heterocycles. The van der Waals surface area contributed by atoms with Gasteiger partial charge in [0.05, 0.1) is 29.8 Å². The molecular formula is C20H34N4O4S. The van der Waals surface area contributed by atoms with Crippen molar-refractivity contribution in [1.29, 1.82) is 0 Å². The van der Waals surface area contributed by atoms with Crippen LogP contribution in [-0.4, -0.2) is 66.9 Å². The van der Waals surface area contributed by atoms with Gasteiger partial charge >= 0.3 is 0 Å². The minimum Gasteiger partial charge on any atom is -0.383 e. The van der Waals surface area contributed by atoms with Crippen molar-refractivity contribution >= 4 is 15.7 Å². The van der Waals surface area contributed by atoms with Crippen LogP contribution in [0.15, 0.2) is 11.4 Å². The van der Waals surface area contributed by atoms with E-state index >= 15 is 0 Å². The first-order chi connectivity index (χ1) is 13.8. The maximum Gasteiger partial charge on any atom is 0.240 e. The molecule has 0 aromatic carbocycles. The van der Waals surface area contributed by atoms with Crippen LogP contribution < -0.4 is 5.32 Å². The Morgan fingerprint density at radius 2 is 2.00 bits per heavy atom. The Kier molecular flexibility index (Phi) is 7.01. The molecule has 1 aliphatic heterocycles. The molecule has 0 radical (unpaired) electrons. The van der Waals surface area contributed by atoms with Crippen LogP contribution >= 0.6 is 0 Å². The van der Waals surface area contributed by atoms with Crippen molar-refractivity contribution in [3.8, 4) is 0 Å². The molecule has 2 fully saturated rings. The predicted octanol–water partition coefficient (Wildman–Crippen LogP) is 1.59. The third kappa shape index (κ3) is 5.00. The number of carbonyl (C=O) groups excluding carboxylic acids is 1. The lowest BCUT2D eigenvalue weighted by atomic mass is 9.91. The molecule has 0 unspecified atom stereocenters. The van der Waals surface area contributed by atoms with Gasteiger partial charge in [0.25, 0.3) is 0 Å². The third-order valence-corrected chi connectivity index (χ3v) is 8.04. The molecule has 29 heavy (non-hydrogen) atoms. The van der Waals surface area contributed by atoms with Gasteiger partial charge in [0.15, 0.2) is 0 Å². The number of carbonyl (C=O) groups is 1. The zero-order valence-corrected chi connectivity index (χ0v) is 18.6. The number of hydrogen-bond acceptors (Lipinski definition) is 6. The second kappa shape index (κ2) is 9.14. The second-order valence-corrected chi connectivity index (χ2v) is 10.6. The Bertz CT molecular complexity index is 812. The number of ether oxygens (including phenoxy) is 1. The predicted molar refractivity (Wildman–Crippen MR) is 110 cm³/mol. The van der Waals surface area contributed by atoms with Gasteiger partial charge in [-0.15, -0.1) is 0 Å². The molecule has 1 aliphatic carbocycles. The Labute approximate surface area is 173 Å². The lowest BCUT2D eigenvalue weighted by molar-refractivity contribution is -0.135. The first-order valence-electron chi connectivity index (χ1n) is 10.5. The highest BCUT2D eigenvalue weighted by Gasteiger charge is 2.38. The fourth-order valence-electron chi connectivity index (χ4n) is 4.34. The maximum absolute atomic E-state index is 13.2. The molecule has 0 bridgehead atoms. The Balaban J connectivity index is 1.85. The van der Waals surface area contributed by atoms with Gasteiger partial charge in [-0.3, -0.25) is 9.69 Å². The van der Waals surface area contributed by atoms with Gasteiger partial charge < -0.3 is 14.6 Å². The highest BCUT2D eigenvalue weighted by molar-refractivity contribution is 7.91. The first-order valence-corrected chi connectivity index (χ1v) is 12.2. The van der Waals surface area contributed by atoms with Gasteiger partial charge in [-0.2, -0.15) is 0 Å². The summed E-state index contributed by atoms with van der Waals surface area (Å²) in [6.45, 7) is 6.36. The van der Waals surface area contributed by atoms with E-state index in [-0.39, 0.29) is 22.7 Å². The van der Waals surface area contributed by atoms with Crippen LogP contribution in [-0.2, 0) is 32.5 Å². The van der Waals surface area contributed by atoms with Crippen LogP contribution in [0.2, 0.25) is 0 Å². The number of amides is 1. The summed E-state index contributed by atoms with van der Waals surface area (Å²) in [6, 6.07) is 0. The van der Waals surface area contributed by atoms with Crippen LogP contribution in [0.25, 0.3) is 0 Å². The molecule has 0 atom stereocenters. The summed E-state index contributed by atoms with van der Waals surface area (Å²) in [7, 11) is -1.88. The molecule has 164 valence electrons. The quantitative estimate of drug-likeness (QED) is 0.679. The van der Waals surface area contributed by atoms with Crippen LogP contribution in [0.5, 0.6) is 0 Å². The van der Waals surface area contributed by atoms with Crippen molar-refractivity contribution in [3.05, 3.63) is 11.9 Å². The average molecular weight is 427 g/mol. The number of nitrogens with one attached hydrogen (secondary N) is 1. The average Bonchev–Trinajstić information content (AvgIpc) is 3.08. The highest BCUT2D eigenvalue weighted by Crippen LogP contribution is 2.28. The summed E-state index contributed by atoms with van der Waals surface area (Å²) in [4.78, 5) is 18.7. The molecule has 1 amide bonds. The minimum atomic E-state index is -3.48. The molecular weight excluding hydrogens is 392 g/mol. The van der Waals surface area contributed by atoms with Crippen molar-refractivity contribution < 1.29 is 17.9 Å². The van der Waals surface area contributed by atoms with Crippen LogP contribution in [0.3, 0.4) is 0 Å². The zero-order valence-electron chi connectivity index (χ0n) is 17.8. The van der Waals surface area contributed by atoms with Crippen molar-refractivity contribution in [2.24, 2.45) is 5.92 Å². The van der Waals surface area contributed by atoms with Gasteiger partial charge in [0.2, 0.25) is 20.9 Å². The van der Waals surface area contributed by atoms with E-state index < -0.39 is 15.4 Å². The fourth-order valence-corrected chi connectivity index (χ4v) is 6.20. The number of aromatic nitrogens is 2. The number of rotatable bonds is 8. The van der Waals surface area contributed by atoms with Crippen molar-refractivity contribution in [2.75, 3.05) is 32.6 Å². The molecule has 1 aromatic heterocycles. The summed E-state index contributed by atoms with van der Waals surface area (Å²) in [5.41, 5.74) is 0.141. The Morgan fingerprint density at radius 1 is 1.28 bits per heavy atom. The number of piperazine rings is 1. The summed E-state index contributed by atoms with van der Waals surface area (Å²) in [6.07, 6.45) is 7.00. The van der Waals surface area contributed by atoms with Gasteiger partial charge in [-0.1, -0.05) is 19.3 Å². The normalized spacial score (nSPS) is 21.3. The van der Waals surface area contributed by atoms with Crippen molar-refractivity contribution in [2.45, 2.75) is 69.7 Å². The summed E-state index contributed by atoms with van der Waals surface area (Å²) in [5, 5.41) is 3.03. The first kappa shape index (κ1) is 22.2. The van der Waals surface area contributed by atoms with E-state index in [1.54, 1.807) is 17.9 Å². The summed E-state index contributed by atoms with van der Waals surface area (Å²) < 4.78 is 33.3. The highest BCUT2D eigenvalue weighted by atomic mass is 32.2. The Morgan fingerprint density at radius 3 is 2.69 bits per heavy atom. The SMILES string of the molecule is COCCn1c(CN2CCNC(=O)C2(C)C)cnc1S(=O)(=O)CC1CCCCC1. The van der Waals surface area contributed by atoms with E-state index in [0.29, 0.717) is 32.8 Å². The fraction of sp³-hybridized carbons (Fsp3) is 0.800. The molecule has 3 rings (SSSR count). The van der Waals surface area contributed by atoms with Gasteiger partial charge in [0.1, 0.15) is 0 Å². The molecule has 8 nitrogen and oxygen atoms in total. The van der Waals surface area contributed by atoms with Crippen LogP contribution in [0.4, 0.5) is 0 Å². The topological polar surface area (TPSA) is 93.5 Å². The van der Waals surface area contributed by atoms with E-state index in [2.05, 4.69) is 15.2 Å². The number of sulfone groups is 1. The van der Waals surface area contributed by atoms with E-state index in [0.717, 1.165) is 31.4 Å². The lowest BCUT2D eigenvalue weighted by Gasteiger charge is -2.41. The van der Waals surface area contributed by atoms with E-state index in [4.69, 9.17) is 4.74 Å². The minimum absolute atomic E-state index is 0.0168. The van der Waals surface area contributed by atoms with Gasteiger partial charge in [0, 0.05) is 33.3 Å². The molecule has 2 heterocycles. The van der Waals surface area contributed by atoms with Crippen LogP contribution in [0.1, 0.15) is 51.6 Å². The monoisotopic (exact) mass is 426 g/mol. The van der Waals surface area contributed by atoms with Crippen molar-refractivity contribution in [3.63, 3.8) is 0 Å². The second-order valence-electron chi connectivity index (χ2n) is 8.70. The van der Waals surface area contributed by atoms with Crippen molar-refractivity contribution in [1.82, 2.24) is 19.8 Å². The number of imidazole rings is 1. The molecule has 1 aromatic rings. The smallest absolute Gasteiger partial charge is 0.240 e. The van der Waals surface area contributed by atoms with E-state index in [1.165, 1.54) is 6.42 Å². The number of hydrogen-bond donors (Lipinski definition) is 1. The van der Waals surface area contributed by atoms with E-state index in [1.807, 2.05) is 13.8 Å². The largest absolute Gasteiger partial charge is 0.383 e. The third-order valence-electron chi connectivity index (χ3n) is 6.25. The number of nitrogens with zero attached hydrogens (tertiary/aromatic N) is 3.